The van der Waals surface area contributed by atoms with Crippen LogP contribution in [0, 0.1) is 17.5 Å². The highest BCUT2D eigenvalue weighted by Gasteiger charge is 2.36. The van der Waals surface area contributed by atoms with Gasteiger partial charge in [0.05, 0.1) is 0 Å². The van der Waals surface area contributed by atoms with Gasteiger partial charge in [0, 0.05) is 5.39 Å². The lowest BCUT2D eigenvalue weighted by Crippen LogP contribution is -2.21. The normalized spacial score (nSPS) is 16.4. The van der Waals surface area contributed by atoms with Crippen LogP contribution in [-0.2, 0) is 19.3 Å². The Labute approximate surface area is 175 Å². The summed E-state index contributed by atoms with van der Waals surface area (Å²) < 4.78 is 84.8. The minimum Gasteiger partial charge on any atom is -0.399 e. The van der Waals surface area contributed by atoms with Crippen molar-refractivity contribution in [2.75, 3.05) is 0 Å². The fraction of sp³-hybridized carbons (Fsp3) is 0.333. The molecule has 1 aliphatic carbocycles. The number of alkyl halides is 3. The third-order valence-electron chi connectivity index (χ3n) is 5.82. The van der Waals surface area contributed by atoms with Crippen LogP contribution in [0.4, 0.5) is 26.3 Å². The lowest BCUT2D eigenvalue weighted by Gasteiger charge is -2.27. The number of rotatable bonds is 4. The zero-order chi connectivity index (χ0) is 22.3. The van der Waals surface area contributed by atoms with E-state index in [1.54, 1.807) is 12.1 Å². The van der Waals surface area contributed by atoms with Crippen LogP contribution >= 0.6 is 0 Å². The summed E-state index contributed by atoms with van der Waals surface area (Å²) in [6.45, 7) is 2.07. The Morgan fingerprint density at radius 3 is 2.48 bits per heavy atom. The van der Waals surface area contributed by atoms with E-state index in [4.69, 9.17) is 0 Å². The van der Waals surface area contributed by atoms with Crippen LogP contribution in [0.2, 0.25) is 0 Å². The molecule has 0 bridgehead atoms. The summed E-state index contributed by atoms with van der Waals surface area (Å²) in [6, 6.07) is 9.98. The molecule has 0 spiro atoms. The second kappa shape index (κ2) is 8.09. The van der Waals surface area contributed by atoms with E-state index in [2.05, 4.69) is 11.7 Å². The Bertz CT molecular complexity index is 1140. The Morgan fingerprint density at radius 1 is 1.00 bits per heavy atom. The van der Waals surface area contributed by atoms with E-state index in [9.17, 15) is 22.0 Å². The van der Waals surface area contributed by atoms with Crippen molar-refractivity contribution in [3.63, 3.8) is 0 Å². The molecule has 1 atom stereocenters. The summed E-state index contributed by atoms with van der Waals surface area (Å²) in [4.78, 5) is 0. The zero-order valence-electron chi connectivity index (χ0n) is 16.8. The average molecular weight is 438 g/mol. The topological polar surface area (TPSA) is 9.23 Å². The van der Waals surface area contributed by atoms with E-state index in [1.807, 2.05) is 18.2 Å². The summed E-state index contributed by atoms with van der Waals surface area (Å²) >= 11 is 0. The van der Waals surface area contributed by atoms with Crippen molar-refractivity contribution in [3.8, 4) is 5.75 Å². The number of benzene rings is 3. The molecule has 0 amide bonds. The van der Waals surface area contributed by atoms with E-state index < -0.39 is 23.7 Å². The van der Waals surface area contributed by atoms with Gasteiger partial charge in [-0.15, -0.1) is 13.2 Å². The average Bonchev–Trinajstić information content (AvgIpc) is 2.70. The van der Waals surface area contributed by atoms with Crippen LogP contribution in [0.1, 0.15) is 47.9 Å². The van der Waals surface area contributed by atoms with Crippen LogP contribution in [0.5, 0.6) is 5.75 Å². The van der Waals surface area contributed by atoms with Crippen LogP contribution in [0.25, 0.3) is 10.8 Å². The van der Waals surface area contributed by atoms with Crippen LogP contribution in [-0.4, -0.2) is 6.36 Å². The van der Waals surface area contributed by atoms with Gasteiger partial charge in [-0.25, -0.2) is 13.2 Å². The number of hydrogen-bond donors (Lipinski definition) is 0. The molecule has 0 saturated heterocycles. The maximum Gasteiger partial charge on any atom is 0.573 e. The molecule has 0 radical (unpaired) electrons. The fourth-order valence-corrected chi connectivity index (χ4v) is 4.42. The van der Waals surface area contributed by atoms with Crippen molar-refractivity contribution in [1.29, 1.82) is 0 Å². The van der Waals surface area contributed by atoms with Crippen molar-refractivity contribution < 1.29 is 31.1 Å². The zero-order valence-corrected chi connectivity index (χ0v) is 16.8. The number of fused-ring (bicyclic) bond motifs is 2. The van der Waals surface area contributed by atoms with Gasteiger partial charge in [0.15, 0.2) is 11.6 Å². The molecule has 1 nitrogen and oxygen atoms in total. The van der Waals surface area contributed by atoms with Crippen LogP contribution in [0.3, 0.4) is 0 Å². The van der Waals surface area contributed by atoms with Gasteiger partial charge < -0.3 is 4.74 Å². The second-order valence-electron chi connectivity index (χ2n) is 7.90. The molecule has 3 aromatic carbocycles. The molecule has 0 saturated carbocycles. The van der Waals surface area contributed by atoms with E-state index in [0.29, 0.717) is 17.4 Å². The first-order valence-corrected chi connectivity index (χ1v) is 10.1. The maximum absolute atomic E-state index is 15.3. The molecule has 4 rings (SSSR count). The molecule has 0 aliphatic heterocycles. The van der Waals surface area contributed by atoms with Crippen molar-refractivity contribution in [3.05, 3.63) is 76.1 Å². The SMILES string of the molecule is CCCc1ccc2c(F)c(C3CCc4c(cc(F)c(OC(F)(F)F)c4F)C3)ccc2c1. The third kappa shape index (κ3) is 4.23. The van der Waals surface area contributed by atoms with Gasteiger partial charge in [-0.05, 0) is 65.3 Å². The standard InChI is InChI=1S/C24H20F6O/c1-2-3-13-4-7-17-14(10-13)5-8-18(21(17)26)15-6-9-19-16(11-15)12-20(25)23(22(19)27)31-24(28,29)30/h4-5,7-8,10,12,15H,2-3,6,9,11H2,1H3. The summed E-state index contributed by atoms with van der Waals surface area (Å²) in [5.41, 5.74) is 1.79. The first kappa shape index (κ1) is 21.5. The molecule has 1 unspecified atom stereocenters. The Balaban J connectivity index is 1.66. The first-order valence-electron chi connectivity index (χ1n) is 10.1. The van der Waals surface area contributed by atoms with E-state index in [-0.39, 0.29) is 35.7 Å². The molecule has 31 heavy (non-hydrogen) atoms. The summed E-state index contributed by atoms with van der Waals surface area (Å²) in [5, 5.41) is 1.27. The first-order chi connectivity index (χ1) is 14.7. The van der Waals surface area contributed by atoms with Crippen molar-refractivity contribution >= 4 is 10.8 Å². The number of halogens is 6. The number of aryl methyl sites for hydroxylation is 1. The van der Waals surface area contributed by atoms with Gasteiger partial charge in [-0.3, -0.25) is 0 Å². The van der Waals surface area contributed by atoms with Crippen LogP contribution < -0.4 is 4.74 Å². The minimum atomic E-state index is -5.20. The smallest absolute Gasteiger partial charge is 0.399 e. The number of ether oxygens (including phenoxy) is 1. The number of hydrogen-bond acceptors (Lipinski definition) is 1. The molecular weight excluding hydrogens is 418 g/mol. The molecule has 0 fully saturated rings. The molecule has 0 N–H and O–H groups in total. The summed E-state index contributed by atoms with van der Waals surface area (Å²) in [6.07, 6.45) is -2.79. The largest absolute Gasteiger partial charge is 0.573 e. The molecule has 7 heteroatoms. The molecule has 0 aromatic heterocycles. The minimum absolute atomic E-state index is 0.0118. The van der Waals surface area contributed by atoms with E-state index in [0.717, 1.165) is 29.9 Å². The summed E-state index contributed by atoms with van der Waals surface area (Å²) in [5.74, 6) is -4.90. The van der Waals surface area contributed by atoms with Crippen molar-refractivity contribution in [2.24, 2.45) is 0 Å². The summed E-state index contributed by atoms with van der Waals surface area (Å²) in [7, 11) is 0. The Hall–Kier alpha value is -2.70. The predicted molar refractivity (Wildman–Crippen MR) is 106 cm³/mol. The molecular formula is C24H20F6O. The lowest BCUT2D eigenvalue weighted by atomic mass is 9.79. The van der Waals surface area contributed by atoms with E-state index in [1.165, 1.54) is 0 Å². The monoisotopic (exact) mass is 438 g/mol. The quantitative estimate of drug-likeness (QED) is 0.386. The van der Waals surface area contributed by atoms with Crippen molar-refractivity contribution in [1.82, 2.24) is 0 Å². The van der Waals surface area contributed by atoms with Crippen molar-refractivity contribution in [2.45, 2.75) is 51.3 Å². The molecule has 1 aliphatic rings. The molecule has 0 heterocycles. The lowest BCUT2D eigenvalue weighted by molar-refractivity contribution is -0.276. The fourth-order valence-electron chi connectivity index (χ4n) is 4.42. The highest BCUT2D eigenvalue weighted by atomic mass is 19.4. The molecule has 3 aromatic rings. The van der Waals surface area contributed by atoms with Gasteiger partial charge in [-0.1, -0.05) is 43.7 Å². The van der Waals surface area contributed by atoms with Gasteiger partial charge in [0.25, 0.3) is 0 Å². The maximum atomic E-state index is 15.3. The molecule has 164 valence electrons. The van der Waals surface area contributed by atoms with Crippen LogP contribution in [0.15, 0.2) is 36.4 Å². The van der Waals surface area contributed by atoms with E-state index >= 15 is 4.39 Å². The van der Waals surface area contributed by atoms with Gasteiger partial charge in [-0.2, -0.15) is 0 Å². The second-order valence-corrected chi connectivity index (χ2v) is 7.90. The van der Waals surface area contributed by atoms with Gasteiger partial charge >= 0.3 is 6.36 Å². The van der Waals surface area contributed by atoms with Gasteiger partial charge in [0.2, 0.25) is 5.75 Å². The highest BCUT2D eigenvalue weighted by Crippen LogP contribution is 2.40. The Morgan fingerprint density at radius 2 is 1.77 bits per heavy atom. The Kier molecular flexibility index (Phi) is 5.62. The third-order valence-corrected chi connectivity index (χ3v) is 5.82. The van der Waals surface area contributed by atoms with Gasteiger partial charge in [0.1, 0.15) is 5.82 Å². The highest BCUT2D eigenvalue weighted by molar-refractivity contribution is 5.84. The predicted octanol–water partition coefficient (Wildman–Crippen LogP) is 7.38.